The lowest BCUT2D eigenvalue weighted by Gasteiger charge is -2.29. The quantitative estimate of drug-likeness (QED) is 0.724. The summed E-state index contributed by atoms with van der Waals surface area (Å²) in [6, 6.07) is 0. The van der Waals surface area contributed by atoms with Crippen molar-refractivity contribution in [3.63, 3.8) is 0 Å². The summed E-state index contributed by atoms with van der Waals surface area (Å²) in [7, 11) is 2.09. The second-order valence-corrected chi connectivity index (χ2v) is 7.26. The van der Waals surface area contributed by atoms with Gasteiger partial charge in [0.2, 0.25) is 5.95 Å². The number of likely N-dealkylation sites (N-methyl/N-ethyl adjacent to an activating group) is 1. The Hall–Kier alpha value is -1.64. The van der Waals surface area contributed by atoms with E-state index in [-0.39, 0.29) is 6.61 Å². The number of aliphatic hydroxyl groups is 1. The summed E-state index contributed by atoms with van der Waals surface area (Å²) < 4.78 is 0. The molecule has 144 valence electrons. The van der Waals surface area contributed by atoms with Crippen LogP contribution in [0.4, 0.5) is 5.95 Å². The van der Waals surface area contributed by atoms with Crippen LogP contribution in [0, 0.1) is 23.7 Å². The van der Waals surface area contributed by atoms with E-state index in [2.05, 4.69) is 52.5 Å². The van der Waals surface area contributed by atoms with E-state index in [1.807, 2.05) is 12.4 Å². The summed E-state index contributed by atoms with van der Waals surface area (Å²) in [5.74, 6) is 8.83. The molecule has 1 N–H and O–H groups in total. The van der Waals surface area contributed by atoms with Gasteiger partial charge in [0.15, 0.2) is 0 Å². The maximum atomic E-state index is 9.02. The van der Waals surface area contributed by atoms with Gasteiger partial charge in [0, 0.05) is 38.4 Å². The SMILES string of the molecule is CCc1cnc(N(C)C[C@H]2CC[C@H](C#CCN(CC)CCO)CC2)nc1. The molecule has 0 bridgehead atoms. The Morgan fingerprint density at radius 1 is 1.15 bits per heavy atom. The second kappa shape index (κ2) is 11.2. The van der Waals surface area contributed by atoms with E-state index in [9.17, 15) is 0 Å². The average Bonchev–Trinajstić information content (AvgIpc) is 2.68. The number of aromatic nitrogens is 2. The van der Waals surface area contributed by atoms with Crippen molar-refractivity contribution in [3.05, 3.63) is 18.0 Å². The van der Waals surface area contributed by atoms with Crippen molar-refractivity contribution in [1.82, 2.24) is 14.9 Å². The highest BCUT2D eigenvalue weighted by molar-refractivity contribution is 5.28. The molecule has 0 spiro atoms. The van der Waals surface area contributed by atoms with E-state index in [4.69, 9.17) is 5.11 Å². The number of rotatable bonds is 8. The van der Waals surface area contributed by atoms with Gasteiger partial charge >= 0.3 is 0 Å². The summed E-state index contributed by atoms with van der Waals surface area (Å²) in [6.45, 7) is 7.88. The molecule has 0 radical (unpaired) electrons. The average molecular weight is 359 g/mol. The Balaban J connectivity index is 1.74. The van der Waals surface area contributed by atoms with Crippen molar-refractivity contribution in [2.75, 3.05) is 44.7 Å². The number of nitrogens with zero attached hydrogens (tertiary/aromatic N) is 4. The summed E-state index contributed by atoms with van der Waals surface area (Å²) in [6.07, 6.45) is 9.67. The van der Waals surface area contributed by atoms with Gasteiger partial charge in [-0.2, -0.15) is 0 Å². The first kappa shape index (κ1) is 20.7. The highest BCUT2D eigenvalue weighted by atomic mass is 16.3. The molecule has 2 rings (SSSR count). The van der Waals surface area contributed by atoms with Gasteiger partial charge in [-0.1, -0.05) is 25.7 Å². The Morgan fingerprint density at radius 2 is 1.85 bits per heavy atom. The third-order valence-corrected chi connectivity index (χ3v) is 5.29. The molecule has 0 amide bonds. The van der Waals surface area contributed by atoms with Gasteiger partial charge in [-0.15, -0.1) is 0 Å². The Labute approximate surface area is 158 Å². The first-order chi connectivity index (χ1) is 12.7. The maximum absolute atomic E-state index is 9.02. The van der Waals surface area contributed by atoms with Crippen LogP contribution in [0.5, 0.6) is 0 Å². The molecule has 1 heterocycles. The van der Waals surface area contributed by atoms with Gasteiger partial charge in [0.25, 0.3) is 0 Å². The zero-order valence-corrected chi connectivity index (χ0v) is 16.6. The molecule has 26 heavy (non-hydrogen) atoms. The van der Waals surface area contributed by atoms with E-state index in [0.717, 1.165) is 32.0 Å². The molecule has 0 saturated heterocycles. The lowest BCUT2D eigenvalue weighted by molar-refractivity contribution is 0.216. The van der Waals surface area contributed by atoms with Crippen LogP contribution in [0.3, 0.4) is 0 Å². The molecule has 5 nitrogen and oxygen atoms in total. The largest absolute Gasteiger partial charge is 0.395 e. The van der Waals surface area contributed by atoms with Crippen molar-refractivity contribution in [1.29, 1.82) is 0 Å². The number of aliphatic hydroxyl groups excluding tert-OH is 1. The van der Waals surface area contributed by atoms with Gasteiger partial charge < -0.3 is 10.0 Å². The minimum atomic E-state index is 0.207. The fourth-order valence-electron chi connectivity index (χ4n) is 3.48. The van der Waals surface area contributed by atoms with E-state index in [1.165, 1.54) is 31.2 Å². The standard InChI is InChI=1S/C21H34N4O/c1-4-18-15-22-21(23-16-18)24(3)17-20-10-8-19(9-11-20)7-6-12-25(5-2)13-14-26/h15-16,19-20,26H,4-5,8-14,17H2,1-3H3/t19-,20-. The molecule has 1 fully saturated rings. The van der Waals surface area contributed by atoms with E-state index in [1.54, 1.807) is 0 Å². The minimum Gasteiger partial charge on any atom is -0.395 e. The van der Waals surface area contributed by atoms with Crippen LogP contribution in [0.25, 0.3) is 0 Å². The van der Waals surface area contributed by atoms with Crippen LogP contribution < -0.4 is 4.90 Å². The smallest absolute Gasteiger partial charge is 0.224 e. The molecule has 1 aliphatic carbocycles. The number of hydrogen-bond acceptors (Lipinski definition) is 5. The van der Waals surface area contributed by atoms with Crippen molar-refractivity contribution in [3.8, 4) is 11.8 Å². The van der Waals surface area contributed by atoms with Crippen LogP contribution in [-0.4, -0.2) is 59.8 Å². The van der Waals surface area contributed by atoms with Crippen molar-refractivity contribution in [2.45, 2.75) is 46.0 Å². The molecule has 0 aromatic carbocycles. The van der Waals surface area contributed by atoms with Crippen LogP contribution in [0.15, 0.2) is 12.4 Å². The minimum absolute atomic E-state index is 0.207. The van der Waals surface area contributed by atoms with E-state index < -0.39 is 0 Å². The maximum Gasteiger partial charge on any atom is 0.224 e. The predicted molar refractivity (Wildman–Crippen MR) is 107 cm³/mol. The molecular weight excluding hydrogens is 324 g/mol. The predicted octanol–water partition coefficient (Wildman–Crippen LogP) is 2.60. The molecule has 1 saturated carbocycles. The third kappa shape index (κ3) is 6.59. The lowest BCUT2D eigenvalue weighted by Crippen LogP contribution is -2.29. The molecule has 1 aliphatic rings. The van der Waals surface area contributed by atoms with Crippen LogP contribution in [0.2, 0.25) is 0 Å². The van der Waals surface area contributed by atoms with Crippen molar-refractivity contribution >= 4 is 5.95 Å². The normalized spacial score (nSPS) is 19.9. The Morgan fingerprint density at radius 3 is 2.42 bits per heavy atom. The molecule has 0 unspecified atom stereocenters. The van der Waals surface area contributed by atoms with Crippen LogP contribution >= 0.6 is 0 Å². The highest BCUT2D eigenvalue weighted by Gasteiger charge is 2.21. The fraction of sp³-hybridized carbons (Fsp3) is 0.714. The zero-order valence-electron chi connectivity index (χ0n) is 16.6. The second-order valence-electron chi connectivity index (χ2n) is 7.26. The lowest BCUT2D eigenvalue weighted by atomic mass is 9.82. The number of anilines is 1. The summed E-state index contributed by atoms with van der Waals surface area (Å²) in [5.41, 5.74) is 1.18. The monoisotopic (exact) mass is 358 g/mol. The van der Waals surface area contributed by atoms with Gasteiger partial charge in [-0.05, 0) is 50.1 Å². The van der Waals surface area contributed by atoms with Gasteiger partial charge in [0.05, 0.1) is 13.2 Å². The highest BCUT2D eigenvalue weighted by Crippen LogP contribution is 2.29. The fourth-order valence-corrected chi connectivity index (χ4v) is 3.48. The molecule has 0 atom stereocenters. The zero-order chi connectivity index (χ0) is 18.8. The van der Waals surface area contributed by atoms with Crippen molar-refractivity contribution < 1.29 is 5.11 Å². The molecule has 0 aliphatic heterocycles. The summed E-state index contributed by atoms with van der Waals surface area (Å²) >= 11 is 0. The number of hydrogen-bond donors (Lipinski definition) is 1. The van der Waals surface area contributed by atoms with Gasteiger partial charge in [-0.3, -0.25) is 4.90 Å². The Bertz CT molecular complexity index is 570. The van der Waals surface area contributed by atoms with Gasteiger partial charge in [-0.25, -0.2) is 9.97 Å². The van der Waals surface area contributed by atoms with Crippen molar-refractivity contribution in [2.24, 2.45) is 11.8 Å². The van der Waals surface area contributed by atoms with E-state index in [0.29, 0.717) is 18.4 Å². The first-order valence-electron chi connectivity index (χ1n) is 9.99. The molecule has 1 aromatic heterocycles. The topological polar surface area (TPSA) is 52.5 Å². The molecule has 5 heteroatoms. The first-order valence-corrected chi connectivity index (χ1v) is 9.99. The van der Waals surface area contributed by atoms with E-state index >= 15 is 0 Å². The van der Waals surface area contributed by atoms with Gasteiger partial charge in [0.1, 0.15) is 0 Å². The van der Waals surface area contributed by atoms with Crippen LogP contribution in [0.1, 0.15) is 45.1 Å². The third-order valence-electron chi connectivity index (χ3n) is 5.29. The van der Waals surface area contributed by atoms with Crippen LogP contribution in [-0.2, 0) is 6.42 Å². The number of aryl methyl sites for hydroxylation is 1. The summed E-state index contributed by atoms with van der Waals surface area (Å²) in [5, 5.41) is 9.02. The molecule has 1 aromatic rings. The Kier molecular flexibility index (Phi) is 8.87. The molecular formula is C21H34N4O. The summed E-state index contributed by atoms with van der Waals surface area (Å²) in [4.78, 5) is 13.3.